The van der Waals surface area contributed by atoms with Crippen molar-refractivity contribution >= 4 is 41.4 Å². The van der Waals surface area contributed by atoms with Crippen molar-refractivity contribution in [1.29, 1.82) is 0 Å². The van der Waals surface area contributed by atoms with Gasteiger partial charge < -0.3 is 14.4 Å². The lowest BCUT2D eigenvalue weighted by Gasteiger charge is -2.47. The Balaban J connectivity index is 2.10. The Morgan fingerprint density at radius 1 is 1.12 bits per heavy atom. The first-order valence-corrected chi connectivity index (χ1v) is 12.3. The third kappa shape index (κ3) is 6.19. The minimum atomic E-state index is -0.651. The normalized spacial score (nSPS) is 21.8. The summed E-state index contributed by atoms with van der Waals surface area (Å²) in [5, 5.41) is 1.17. The van der Waals surface area contributed by atoms with Gasteiger partial charge in [-0.3, -0.25) is 9.59 Å². The molecular weight excluding hydrogens is 473 g/mol. The van der Waals surface area contributed by atoms with E-state index in [1.165, 1.54) is 0 Å². The number of esters is 1. The number of hydrogen-bond acceptors (Lipinski definition) is 4. The number of ether oxygens (including phenoxy) is 1. The molecule has 2 aromatic carbocycles. The highest BCUT2D eigenvalue weighted by molar-refractivity contribution is 6.30. The van der Waals surface area contributed by atoms with Gasteiger partial charge in [0.05, 0.1) is 18.5 Å². The Hall–Kier alpha value is -2.37. The van der Waals surface area contributed by atoms with Crippen molar-refractivity contribution in [3.63, 3.8) is 0 Å². The van der Waals surface area contributed by atoms with Crippen LogP contribution in [0.3, 0.4) is 0 Å². The van der Waals surface area contributed by atoms with Gasteiger partial charge in [-0.2, -0.15) is 0 Å². The molecule has 0 radical (unpaired) electrons. The largest absolute Gasteiger partial charge is 0.460 e. The van der Waals surface area contributed by atoms with E-state index in [2.05, 4.69) is 0 Å². The van der Waals surface area contributed by atoms with Crippen LogP contribution in [0.4, 0.5) is 0 Å². The third-order valence-electron chi connectivity index (χ3n) is 6.08. The van der Waals surface area contributed by atoms with Gasteiger partial charge in [0.15, 0.2) is 0 Å². The summed E-state index contributed by atoms with van der Waals surface area (Å²) >= 11 is 12.5. The molecule has 0 N–H and O–H groups in total. The lowest BCUT2D eigenvalue weighted by molar-refractivity contribution is -0.162. The fourth-order valence-corrected chi connectivity index (χ4v) is 4.99. The topological polar surface area (TPSA) is 63.7 Å². The minimum Gasteiger partial charge on any atom is -0.460 e. The van der Waals surface area contributed by atoms with Crippen molar-refractivity contribution in [2.24, 2.45) is 5.92 Å². The average molecular weight is 504 g/mol. The molecule has 1 aliphatic heterocycles. The summed E-state index contributed by atoms with van der Waals surface area (Å²) in [6, 6.07) is 13.8. The first-order valence-electron chi connectivity index (χ1n) is 11.5. The number of halogens is 2. The SMILES string of the molecule is CC[C@H](C=O)N1C(=O)[C@@H](CC(=O)OC(C)(C)C)C[C@H](c2cccc(Cl)c2)[C@H]1c1ccc(Cl)cc1. The second kappa shape index (κ2) is 10.9. The van der Waals surface area contributed by atoms with E-state index in [1.54, 1.807) is 43.9 Å². The van der Waals surface area contributed by atoms with E-state index in [1.807, 2.05) is 37.3 Å². The van der Waals surface area contributed by atoms with Crippen LogP contribution in [0.5, 0.6) is 0 Å². The van der Waals surface area contributed by atoms with E-state index < -0.39 is 29.6 Å². The molecule has 0 aliphatic carbocycles. The van der Waals surface area contributed by atoms with Gasteiger partial charge in [-0.05, 0) is 69.0 Å². The zero-order valence-corrected chi connectivity index (χ0v) is 21.5. The lowest BCUT2D eigenvalue weighted by atomic mass is 9.74. The molecule has 1 saturated heterocycles. The molecule has 2 aromatic rings. The van der Waals surface area contributed by atoms with Crippen molar-refractivity contribution in [2.45, 2.75) is 70.6 Å². The smallest absolute Gasteiger partial charge is 0.307 e. The summed E-state index contributed by atoms with van der Waals surface area (Å²) in [7, 11) is 0. The molecule has 0 unspecified atom stereocenters. The van der Waals surface area contributed by atoms with Gasteiger partial charge in [-0.15, -0.1) is 0 Å². The number of aldehydes is 1. The van der Waals surface area contributed by atoms with Crippen LogP contribution in [0.25, 0.3) is 0 Å². The summed E-state index contributed by atoms with van der Waals surface area (Å²) in [4.78, 5) is 40.2. The molecule has 34 heavy (non-hydrogen) atoms. The van der Waals surface area contributed by atoms with Gasteiger partial charge >= 0.3 is 5.97 Å². The molecule has 182 valence electrons. The molecule has 1 fully saturated rings. The van der Waals surface area contributed by atoms with Gasteiger partial charge in [0, 0.05) is 21.9 Å². The fraction of sp³-hybridized carbons (Fsp3) is 0.444. The van der Waals surface area contributed by atoms with Gasteiger partial charge in [-0.25, -0.2) is 0 Å². The molecule has 0 spiro atoms. The fourth-order valence-electron chi connectivity index (χ4n) is 4.67. The summed E-state index contributed by atoms with van der Waals surface area (Å²) in [5.41, 5.74) is 1.17. The highest BCUT2D eigenvalue weighted by Crippen LogP contribution is 2.47. The summed E-state index contributed by atoms with van der Waals surface area (Å²) in [5.74, 6) is -1.45. The standard InChI is InChI=1S/C27H31Cl2NO4/c1-5-22(16-31)30-25(17-9-11-20(28)12-10-17)23(18-7-6-8-21(29)13-18)14-19(26(30)33)15-24(32)34-27(2,3)4/h6-13,16,19,22-23,25H,5,14-15H2,1-4H3/t19-,22-,23-,25-/m1/s1. The number of rotatable bonds is 7. The number of likely N-dealkylation sites (tertiary alicyclic amines) is 1. The molecule has 7 heteroatoms. The van der Waals surface area contributed by atoms with E-state index >= 15 is 0 Å². The van der Waals surface area contributed by atoms with E-state index in [-0.39, 0.29) is 18.2 Å². The average Bonchev–Trinajstić information content (AvgIpc) is 2.76. The lowest BCUT2D eigenvalue weighted by Crippen LogP contribution is -2.52. The zero-order chi connectivity index (χ0) is 25.0. The van der Waals surface area contributed by atoms with Gasteiger partial charge in [-0.1, -0.05) is 54.4 Å². The van der Waals surface area contributed by atoms with Crippen molar-refractivity contribution in [3.05, 3.63) is 69.7 Å². The number of carbonyl (C=O) groups is 3. The maximum atomic E-state index is 13.8. The predicted molar refractivity (Wildman–Crippen MR) is 134 cm³/mol. The minimum absolute atomic E-state index is 0.0493. The van der Waals surface area contributed by atoms with Crippen molar-refractivity contribution in [3.8, 4) is 0 Å². The number of nitrogens with zero attached hydrogens (tertiary/aromatic N) is 1. The third-order valence-corrected chi connectivity index (χ3v) is 6.56. The van der Waals surface area contributed by atoms with Gasteiger partial charge in [0.1, 0.15) is 11.9 Å². The van der Waals surface area contributed by atoms with Crippen molar-refractivity contribution in [1.82, 2.24) is 4.90 Å². The molecule has 1 heterocycles. The first kappa shape index (κ1) is 26.2. The second-order valence-corrected chi connectivity index (χ2v) is 10.6. The predicted octanol–water partition coefficient (Wildman–Crippen LogP) is 6.38. The van der Waals surface area contributed by atoms with E-state index in [4.69, 9.17) is 27.9 Å². The van der Waals surface area contributed by atoms with Gasteiger partial charge in [0.25, 0.3) is 0 Å². The molecule has 1 amide bonds. The highest BCUT2D eigenvalue weighted by atomic mass is 35.5. The molecule has 5 nitrogen and oxygen atoms in total. The van der Waals surface area contributed by atoms with Crippen LogP contribution in [0.15, 0.2) is 48.5 Å². The Bertz CT molecular complexity index is 1030. The Morgan fingerprint density at radius 3 is 2.35 bits per heavy atom. The number of benzene rings is 2. The van der Waals surface area contributed by atoms with E-state index in [9.17, 15) is 14.4 Å². The Kier molecular flexibility index (Phi) is 8.43. The monoisotopic (exact) mass is 503 g/mol. The van der Waals surface area contributed by atoms with Crippen LogP contribution in [0.2, 0.25) is 10.0 Å². The molecule has 4 atom stereocenters. The maximum absolute atomic E-state index is 13.8. The summed E-state index contributed by atoms with van der Waals surface area (Å²) in [6.07, 6.45) is 1.65. The second-order valence-electron chi connectivity index (χ2n) is 9.74. The molecule has 0 aromatic heterocycles. The molecule has 1 aliphatic rings. The highest BCUT2D eigenvalue weighted by Gasteiger charge is 2.46. The van der Waals surface area contributed by atoms with Crippen LogP contribution >= 0.6 is 23.2 Å². The van der Waals surface area contributed by atoms with Crippen molar-refractivity contribution in [2.75, 3.05) is 0 Å². The zero-order valence-electron chi connectivity index (χ0n) is 20.0. The maximum Gasteiger partial charge on any atom is 0.307 e. The quantitative estimate of drug-likeness (QED) is 0.325. The van der Waals surface area contributed by atoms with Crippen LogP contribution < -0.4 is 0 Å². The number of piperidine rings is 1. The Morgan fingerprint density at radius 2 is 1.79 bits per heavy atom. The van der Waals surface area contributed by atoms with Gasteiger partial charge in [0.2, 0.25) is 5.91 Å². The molecule has 0 saturated carbocycles. The number of amides is 1. The molecule has 3 rings (SSSR count). The van der Waals surface area contributed by atoms with Crippen LogP contribution in [-0.4, -0.2) is 34.7 Å². The summed E-state index contributed by atoms with van der Waals surface area (Å²) in [6.45, 7) is 7.26. The number of carbonyl (C=O) groups excluding carboxylic acids is 3. The van der Waals surface area contributed by atoms with Crippen LogP contribution in [-0.2, 0) is 19.1 Å². The summed E-state index contributed by atoms with van der Waals surface area (Å²) < 4.78 is 5.51. The first-order chi connectivity index (χ1) is 16.0. The van der Waals surface area contributed by atoms with Crippen LogP contribution in [0, 0.1) is 5.92 Å². The van der Waals surface area contributed by atoms with Crippen LogP contribution in [0.1, 0.15) is 70.0 Å². The number of hydrogen-bond donors (Lipinski definition) is 0. The van der Waals surface area contributed by atoms with E-state index in [0.29, 0.717) is 22.9 Å². The Labute approximate surface area is 211 Å². The molecular formula is C27H31Cl2NO4. The van der Waals surface area contributed by atoms with Crippen molar-refractivity contribution < 1.29 is 19.1 Å². The van der Waals surface area contributed by atoms with E-state index in [0.717, 1.165) is 17.4 Å². The molecule has 0 bridgehead atoms.